The molecule has 6 nitrogen and oxygen atoms in total. The summed E-state index contributed by atoms with van der Waals surface area (Å²) in [5.74, 6) is 0.309. The van der Waals surface area contributed by atoms with Gasteiger partial charge in [-0.25, -0.2) is 0 Å². The van der Waals surface area contributed by atoms with Gasteiger partial charge in [-0.05, 0) is 54.7 Å². The van der Waals surface area contributed by atoms with Crippen LogP contribution in [0.5, 0.6) is 11.5 Å². The predicted molar refractivity (Wildman–Crippen MR) is 126 cm³/mol. The first kappa shape index (κ1) is 23.8. The molecule has 0 unspecified atom stereocenters. The van der Waals surface area contributed by atoms with Gasteiger partial charge in [0.1, 0.15) is 18.2 Å². The zero-order valence-corrected chi connectivity index (χ0v) is 19.4. The average Bonchev–Trinajstić information content (AvgIpc) is 2.80. The zero-order valence-electron chi connectivity index (χ0n) is 19.4. The van der Waals surface area contributed by atoms with Crippen LogP contribution in [0, 0.1) is 17.2 Å². The van der Waals surface area contributed by atoms with E-state index in [0.717, 1.165) is 10.5 Å². The maximum Gasteiger partial charge on any atom is 0.271 e. The van der Waals surface area contributed by atoms with Gasteiger partial charge in [-0.1, -0.05) is 50.2 Å². The number of amides is 2. The van der Waals surface area contributed by atoms with Gasteiger partial charge < -0.3 is 9.47 Å². The highest BCUT2D eigenvalue weighted by molar-refractivity contribution is 6.19. The molecule has 170 valence electrons. The number of benzene rings is 2. The molecular formula is C27H28N2O4. The Morgan fingerprint density at radius 3 is 2.39 bits per heavy atom. The van der Waals surface area contributed by atoms with E-state index in [1.165, 1.54) is 0 Å². The molecule has 0 radical (unpaired) electrons. The van der Waals surface area contributed by atoms with E-state index in [1.54, 1.807) is 25.1 Å². The summed E-state index contributed by atoms with van der Waals surface area (Å²) in [7, 11) is 0. The van der Waals surface area contributed by atoms with Gasteiger partial charge in [0.05, 0.1) is 6.61 Å². The van der Waals surface area contributed by atoms with Crippen molar-refractivity contribution >= 4 is 17.9 Å². The lowest BCUT2D eigenvalue weighted by Gasteiger charge is -2.28. The van der Waals surface area contributed by atoms with E-state index < -0.39 is 11.8 Å². The number of carbonyl (C=O) groups is 2. The lowest BCUT2D eigenvalue weighted by molar-refractivity contribution is -0.141. The van der Waals surface area contributed by atoms with Crippen LogP contribution in [0.25, 0.3) is 6.08 Å². The summed E-state index contributed by atoms with van der Waals surface area (Å²) in [6.07, 6.45) is 1.69. The fourth-order valence-corrected chi connectivity index (χ4v) is 3.56. The van der Waals surface area contributed by atoms with Gasteiger partial charge in [0.2, 0.25) is 0 Å². The van der Waals surface area contributed by atoms with E-state index >= 15 is 0 Å². The number of hydrogen-bond acceptors (Lipinski definition) is 5. The third-order valence-electron chi connectivity index (χ3n) is 5.19. The standard InChI is InChI=1S/C27H28N2O4/c1-5-32-25-14-21(11-12-24(25)33-17-20-9-7-6-8-10-20)13-22-19(4)23(15-28)27(31)29(26(22)30)16-18(2)3/h6-14,18H,5,16-17H2,1-4H3/b22-13+. The van der Waals surface area contributed by atoms with E-state index in [4.69, 9.17) is 9.47 Å². The van der Waals surface area contributed by atoms with Gasteiger partial charge in [-0.2, -0.15) is 5.26 Å². The van der Waals surface area contributed by atoms with Gasteiger partial charge >= 0.3 is 0 Å². The molecule has 0 bridgehead atoms. The molecule has 1 aliphatic heterocycles. The van der Waals surface area contributed by atoms with Crippen LogP contribution in [0.15, 0.2) is 65.3 Å². The second-order valence-electron chi connectivity index (χ2n) is 8.20. The van der Waals surface area contributed by atoms with E-state index in [2.05, 4.69) is 0 Å². The normalized spacial score (nSPS) is 15.3. The molecule has 0 atom stereocenters. The van der Waals surface area contributed by atoms with Crippen LogP contribution in [0.4, 0.5) is 0 Å². The highest BCUT2D eigenvalue weighted by Crippen LogP contribution is 2.32. The Balaban J connectivity index is 1.95. The molecule has 0 N–H and O–H groups in total. The number of nitriles is 1. The fourth-order valence-electron chi connectivity index (χ4n) is 3.56. The molecule has 0 aliphatic carbocycles. The summed E-state index contributed by atoms with van der Waals surface area (Å²) in [6, 6.07) is 17.2. The van der Waals surface area contributed by atoms with Crippen LogP contribution in [-0.4, -0.2) is 29.9 Å². The molecule has 33 heavy (non-hydrogen) atoms. The Labute approximate surface area is 194 Å². The number of hydrogen-bond donors (Lipinski definition) is 0. The molecule has 2 aromatic rings. The third kappa shape index (κ3) is 5.50. The summed E-state index contributed by atoms with van der Waals surface area (Å²) in [6.45, 7) is 8.47. The van der Waals surface area contributed by atoms with E-state index in [1.807, 2.05) is 63.2 Å². The molecule has 3 rings (SSSR count). The molecule has 6 heteroatoms. The molecule has 2 amide bonds. The van der Waals surface area contributed by atoms with Crippen molar-refractivity contribution in [3.63, 3.8) is 0 Å². The minimum atomic E-state index is -0.537. The molecule has 1 aliphatic rings. The quantitative estimate of drug-likeness (QED) is 0.427. The molecule has 0 fully saturated rings. The predicted octanol–water partition coefficient (Wildman–Crippen LogP) is 4.91. The number of ether oxygens (including phenoxy) is 2. The third-order valence-corrected chi connectivity index (χ3v) is 5.19. The van der Waals surface area contributed by atoms with Crippen LogP contribution in [0.2, 0.25) is 0 Å². The van der Waals surface area contributed by atoms with Crippen molar-refractivity contribution in [2.75, 3.05) is 13.2 Å². The zero-order chi connectivity index (χ0) is 24.0. The van der Waals surface area contributed by atoms with Crippen molar-refractivity contribution in [1.29, 1.82) is 5.26 Å². The Morgan fingerprint density at radius 2 is 1.76 bits per heavy atom. The molecule has 0 saturated heterocycles. The van der Waals surface area contributed by atoms with Gasteiger partial charge in [0.15, 0.2) is 11.5 Å². The van der Waals surface area contributed by atoms with Crippen molar-refractivity contribution < 1.29 is 19.1 Å². The lowest BCUT2D eigenvalue weighted by Crippen LogP contribution is -2.44. The van der Waals surface area contributed by atoms with Crippen molar-refractivity contribution in [2.24, 2.45) is 5.92 Å². The molecule has 0 saturated carbocycles. The Bertz CT molecular complexity index is 1140. The van der Waals surface area contributed by atoms with Crippen LogP contribution >= 0.6 is 0 Å². The van der Waals surface area contributed by atoms with Crippen molar-refractivity contribution in [1.82, 2.24) is 4.90 Å². The number of carbonyl (C=O) groups excluding carboxylic acids is 2. The van der Waals surface area contributed by atoms with Crippen molar-refractivity contribution in [3.05, 3.63) is 76.4 Å². The number of imide groups is 1. The van der Waals surface area contributed by atoms with Crippen molar-refractivity contribution in [2.45, 2.75) is 34.3 Å². The van der Waals surface area contributed by atoms with E-state index in [0.29, 0.717) is 41.4 Å². The highest BCUT2D eigenvalue weighted by Gasteiger charge is 2.35. The first-order valence-corrected chi connectivity index (χ1v) is 11.0. The molecular weight excluding hydrogens is 416 g/mol. The second-order valence-corrected chi connectivity index (χ2v) is 8.20. The van der Waals surface area contributed by atoms with Crippen LogP contribution in [-0.2, 0) is 16.2 Å². The average molecular weight is 445 g/mol. The number of nitrogens with zero attached hydrogens (tertiary/aromatic N) is 2. The van der Waals surface area contributed by atoms with Crippen molar-refractivity contribution in [3.8, 4) is 17.6 Å². The Hall–Kier alpha value is -3.85. The van der Waals surface area contributed by atoms with Gasteiger partial charge in [0.25, 0.3) is 11.8 Å². The first-order valence-electron chi connectivity index (χ1n) is 11.0. The highest BCUT2D eigenvalue weighted by atomic mass is 16.5. The topological polar surface area (TPSA) is 79.6 Å². The second kappa shape index (κ2) is 10.6. The fraction of sp³-hybridized carbons (Fsp3) is 0.296. The monoisotopic (exact) mass is 444 g/mol. The first-order chi connectivity index (χ1) is 15.8. The summed E-state index contributed by atoms with van der Waals surface area (Å²) >= 11 is 0. The van der Waals surface area contributed by atoms with Crippen LogP contribution in [0.3, 0.4) is 0 Å². The van der Waals surface area contributed by atoms with E-state index in [-0.39, 0.29) is 18.0 Å². The smallest absolute Gasteiger partial charge is 0.271 e. The maximum absolute atomic E-state index is 13.1. The Kier molecular flexibility index (Phi) is 7.68. The summed E-state index contributed by atoms with van der Waals surface area (Å²) in [4.78, 5) is 26.9. The SMILES string of the molecule is CCOc1cc(/C=C2/C(=O)N(CC(C)C)C(=O)C(C#N)=C2C)ccc1OCc1ccccc1. The largest absolute Gasteiger partial charge is 0.490 e. The molecule has 0 aromatic heterocycles. The van der Waals surface area contributed by atoms with Crippen LogP contribution in [0.1, 0.15) is 38.8 Å². The Morgan fingerprint density at radius 1 is 1.03 bits per heavy atom. The molecule has 1 heterocycles. The summed E-state index contributed by atoms with van der Waals surface area (Å²) in [5, 5.41) is 9.53. The number of rotatable bonds is 8. The summed E-state index contributed by atoms with van der Waals surface area (Å²) < 4.78 is 11.7. The molecule has 2 aromatic carbocycles. The van der Waals surface area contributed by atoms with Gasteiger partial charge in [-0.15, -0.1) is 0 Å². The van der Waals surface area contributed by atoms with Gasteiger partial charge in [0, 0.05) is 12.1 Å². The minimum Gasteiger partial charge on any atom is -0.490 e. The maximum atomic E-state index is 13.1. The van der Waals surface area contributed by atoms with Crippen LogP contribution < -0.4 is 9.47 Å². The van der Waals surface area contributed by atoms with E-state index in [9.17, 15) is 14.9 Å². The lowest BCUT2D eigenvalue weighted by atomic mass is 9.93. The minimum absolute atomic E-state index is 0.00523. The molecule has 0 spiro atoms. The van der Waals surface area contributed by atoms with Gasteiger partial charge in [-0.3, -0.25) is 14.5 Å². The summed E-state index contributed by atoms with van der Waals surface area (Å²) in [5.41, 5.74) is 2.46.